The number of aryl methyl sites for hydroxylation is 1. The molecule has 0 radical (unpaired) electrons. The first-order chi connectivity index (χ1) is 23.6. The Bertz CT molecular complexity index is 1680. The Morgan fingerprint density at radius 3 is 2.65 bits per heavy atom. The van der Waals surface area contributed by atoms with Gasteiger partial charge in [0, 0.05) is 44.4 Å². The number of ether oxygens (including phenoxy) is 4. The van der Waals surface area contributed by atoms with E-state index >= 15 is 4.21 Å². The van der Waals surface area contributed by atoms with E-state index < -0.39 is 33.2 Å². The predicted molar refractivity (Wildman–Crippen MR) is 189 cm³/mol. The molecule has 266 valence electrons. The summed E-state index contributed by atoms with van der Waals surface area (Å²) in [6, 6.07) is 11.1. The van der Waals surface area contributed by atoms with Crippen molar-refractivity contribution in [2.45, 2.75) is 82.0 Å². The van der Waals surface area contributed by atoms with Crippen LogP contribution in [0.2, 0.25) is 5.02 Å². The summed E-state index contributed by atoms with van der Waals surface area (Å²) in [5.41, 5.74) is 1.58. The molecule has 2 fully saturated rings. The van der Waals surface area contributed by atoms with Crippen LogP contribution in [-0.4, -0.2) is 67.7 Å². The van der Waals surface area contributed by atoms with E-state index in [1.807, 2.05) is 30.4 Å². The van der Waals surface area contributed by atoms with Crippen LogP contribution in [0.1, 0.15) is 63.5 Å². The Kier molecular flexibility index (Phi) is 11.4. The normalized spacial score (nSPS) is 28.7. The summed E-state index contributed by atoms with van der Waals surface area (Å²) in [4.78, 5) is 29.9. The van der Waals surface area contributed by atoms with E-state index in [4.69, 9.17) is 30.5 Å². The standard InChI is InChI=1S/C37H48ClN3O7S/c1-37(2)36(43)40-49(44,39-35(42)25-15-19-46-20-16-25)30-12-14-34-32(22-30)41(23-27-10-13-31(27)33(45-3)8-6-18-48-37)17-5-4-7-26-21-29(38)11-9-28(26)24-47-34/h6,8-9,11-12,14,21-22,25,27,31,33H,4-5,7,10,13,15-20,23-24H2,1-3H3,(H,39,40,42,43,44)/b8-6+/t27-,31+,33-,49?/m0/s1. The lowest BCUT2D eigenvalue weighted by Crippen LogP contribution is -2.44. The van der Waals surface area contributed by atoms with E-state index in [2.05, 4.69) is 14.0 Å². The highest BCUT2D eigenvalue weighted by atomic mass is 35.5. The van der Waals surface area contributed by atoms with Gasteiger partial charge in [0.05, 0.1) is 23.3 Å². The van der Waals surface area contributed by atoms with E-state index in [1.54, 1.807) is 39.2 Å². The molecule has 3 heterocycles. The van der Waals surface area contributed by atoms with Gasteiger partial charge in [0.25, 0.3) is 5.91 Å². The molecule has 1 saturated heterocycles. The third kappa shape index (κ3) is 8.34. The number of halogens is 1. The number of methoxy groups -OCH3 is 1. The Balaban J connectivity index is 1.46. The van der Waals surface area contributed by atoms with Crippen molar-refractivity contribution >= 4 is 39.0 Å². The van der Waals surface area contributed by atoms with E-state index in [0.29, 0.717) is 55.3 Å². The van der Waals surface area contributed by atoms with Crippen LogP contribution < -0.4 is 14.4 Å². The van der Waals surface area contributed by atoms with Gasteiger partial charge in [-0.25, -0.2) is 4.21 Å². The molecular weight excluding hydrogens is 666 g/mol. The van der Waals surface area contributed by atoms with Crippen LogP contribution in [0.15, 0.2) is 57.8 Å². The zero-order valence-corrected chi connectivity index (χ0v) is 30.2. The predicted octanol–water partition coefficient (Wildman–Crippen LogP) is 6.28. The molecule has 4 aliphatic rings. The summed E-state index contributed by atoms with van der Waals surface area (Å²) in [6.45, 7) is 6.04. The number of amides is 2. The molecular formula is C37H48ClN3O7S. The fourth-order valence-electron chi connectivity index (χ4n) is 7.07. The molecule has 1 unspecified atom stereocenters. The quantitative estimate of drug-likeness (QED) is 0.370. The number of nitrogens with one attached hydrogen (secondary N) is 1. The third-order valence-electron chi connectivity index (χ3n) is 10.3. The van der Waals surface area contributed by atoms with Crippen molar-refractivity contribution in [3.8, 4) is 5.75 Å². The van der Waals surface area contributed by atoms with Gasteiger partial charge in [0.2, 0.25) is 5.91 Å². The lowest BCUT2D eigenvalue weighted by Gasteiger charge is -2.43. The number of hydrogen-bond acceptors (Lipinski definition) is 8. The molecule has 0 aromatic heterocycles. The van der Waals surface area contributed by atoms with E-state index in [0.717, 1.165) is 56.4 Å². The number of carbonyl (C=O) groups excluding carboxylic acids is 2. The maximum absolute atomic E-state index is 15.0. The average molecular weight is 714 g/mol. The van der Waals surface area contributed by atoms with Crippen molar-refractivity contribution in [2.24, 2.45) is 22.1 Å². The first-order valence-corrected chi connectivity index (χ1v) is 19.3. The van der Waals surface area contributed by atoms with Crippen LogP contribution >= 0.6 is 11.6 Å². The van der Waals surface area contributed by atoms with Gasteiger partial charge in [-0.15, -0.1) is 4.36 Å². The zero-order chi connectivity index (χ0) is 34.6. The van der Waals surface area contributed by atoms with E-state index in [-0.39, 0.29) is 17.6 Å². The number of rotatable bonds is 3. The van der Waals surface area contributed by atoms with Crippen molar-refractivity contribution in [3.63, 3.8) is 0 Å². The van der Waals surface area contributed by atoms with Gasteiger partial charge in [-0.1, -0.05) is 29.8 Å². The lowest BCUT2D eigenvalue weighted by molar-refractivity contribution is -0.137. The summed E-state index contributed by atoms with van der Waals surface area (Å²) >= 11 is 6.38. The molecule has 1 aliphatic carbocycles. The highest BCUT2D eigenvalue weighted by Gasteiger charge is 2.38. The molecule has 2 aromatic carbocycles. The number of anilines is 1. The molecule has 1 saturated carbocycles. The number of carbonyl (C=O) groups is 2. The number of hydrogen-bond donors (Lipinski definition) is 1. The molecule has 2 bridgehead atoms. The highest BCUT2D eigenvalue weighted by molar-refractivity contribution is 7.92. The maximum atomic E-state index is 15.0. The number of fused-ring (bicyclic) bond motifs is 3. The summed E-state index contributed by atoms with van der Waals surface area (Å²) in [7, 11) is -2.06. The Morgan fingerprint density at radius 2 is 1.90 bits per heavy atom. The lowest BCUT2D eigenvalue weighted by atomic mass is 9.70. The van der Waals surface area contributed by atoms with Crippen molar-refractivity contribution in [3.05, 3.63) is 64.7 Å². The smallest absolute Gasteiger partial charge is 0.287 e. The molecule has 3 aliphatic heterocycles. The monoisotopic (exact) mass is 713 g/mol. The molecule has 10 nitrogen and oxygen atoms in total. The first-order valence-electron chi connectivity index (χ1n) is 17.4. The van der Waals surface area contributed by atoms with Gasteiger partial charge >= 0.3 is 0 Å². The minimum Gasteiger partial charge on any atom is -0.487 e. The minimum atomic E-state index is -3.79. The molecule has 1 N–H and O–H groups in total. The minimum absolute atomic E-state index is 0.0943. The highest BCUT2D eigenvalue weighted by Crippen LogP contribution is 2.42. The summed E-state index contributed by atoms with van der Waals surface area (Å²) in [5.74, 6) is -0.263. The Hall–Kier alpha value is -2.96. The van der Waals surface area contributed by atoms with Crippen LogP contribution in [0.5, 0.6) is 5.75 Å². The van der Waals surface area contributed by atoms with Gasteiger partial charge in [0.1, 0.15) is 18.0 Å². The van der Waals surface area contributed by atoms with E-state index in [1.165, 1.54) is 5.56 Å². The molecule has 2 amide bonds. The van der Waals surface area contributed by atoms with Crippen LogP contribution in [0, 0.1) is 17.8 Å². The van der Waals surface area contributed by atoms with E-state index in [9.17, 15) is 9.59 Å². The van der Waals surface area contributed by atoms with Crippen molar-refractivity contribution in [2.75, 3.05) is 44.9 Å². The number of benzene rings is 2. The van der Waals surface area contributed by atoms with Crippen LogP contribution in [0.3, 0.4) is 0 Å². The van der Waals surface area contributed by atoms with Gasteiger partial charge in [0.15, 0.2) is 9.92 Å². The fraction of sp³-hybridized carbons (Fsp3) is 0.568. The van der Waals surface area contributed by atoms with Crippen LogP contribution in [0.4, 0.5) is 5.69 Å². The summed E-state index contributed by atoms with van der Waals surface area (Å²) in [5, 5.41) is 0.700. The van der Waals surface area contributed by atoms with Gasteiger partial charge in [-0.05, 0) is 112 Å². The Morgan fingerprint density at radius 1 is 1.08 bits per heavy atom. The molecule has 49 heavy (non-hydrogen) atoms. The molecule has 6 rings (SSSR count). The third-order valence-corrected chi connectivity index (χ3v) is 12.3. The zero-order valence-electron chi connectivity index (χ0n) is 28.7. The molecule has 4 atom stereocenters. The van der Waals surface area contributed by atoms with Crippen LogP contribution in [-0.2, 0) is 46.7 Å². The van der Waals surface area contributed by atoms with Crippen molar-refractivity contribution in [1.29, 1.82) is 0 Å². The molecule has 12 heteroatoms. The van der Waals surface area contributed by atoms with Gasteiger partial charge < -0.3 is 23.8 Å². The van der Waals surface area contributed by atoms with Gasteiger partial charge in [-0.3, -0.25) is 14.3 Å². The second-order valence-corrected chi connectivity index (χ2v) is 16.3. The SMILES string of the molecule is CO[C@H]1/C=C/COC(C)(C)C(=O)N=S(=O)(NC(=O)C2CCOCC2)c2ccc3c(c2)N(CCCCc2cc(Cl)ccc2CO3)C[C@@H]2CC[C@H]21. The fourth-order valence-corrected chi connectivity index (χ4v) is 8.95. The maximum Gasteiger partial charge on any atom is 0.287 e. The average Bonchev–Trinajstić information content (AvgIpc) is 3.11. The summed E-state index contributed by atoms with van der Waals surface area (Å²) < 4.78 is 45.9. The topological polar surface area (TPSA) is 116 Å². The largest absolute Gasteiger partial charge is 0.487 e. The first kappa shape index (κ1) is 35.9. The number of nitrogens with zero attached hydrogens (tertiary/aromatic N) is 2. The second-order valence-electron chi connectivity index (χ2n) is 14.0. The van der Waals surface area contributed by atoms with Gasteiger partial charge in [-0.2, -0.15) is 0 Å². The molecule has 0 spiro atoms. The van der Waals surface area contributed by atoms with Crippen LogP contribution in [0.25, 0.3) is 0 Å². The Labute approximate surface area is 295 Å². The van der Waals surface area contributed by atoms with Crippen molar-refractivity contribution in [1.82, 2.24) is 4.72 Å². The molecule has 2 aromatic rings. The second kappa shape index (κ2) is 15.5. The van der Waals surface area contributed by atoms with Crippen molar-refractivity contribution < 1.29 is 32.7 Å². The summed E-state index contributed by atoms with van der Waals surface area (Å²) in [6.07, 6.45) is 9.63.